The molecule has 0 saturated carbocycles. The van der Waals surface area contributed by atoms with E-state index in [-0.39, 0.29) is 11.5 Å². The van der Waals surface area contributed by atoms with Gasteiger partial charge < -0.3 is 11.1 Å². The second-order valence-electron chi connectivity index (χ2n) is 5.34. The van der Waals surface area contributed by atoms with Gasteiger partial charge in [0.25, 0.3) is 0 Å². The summed E-state index contributed by atoms with van der Waals surface area (Å²) in [7, 11) is 0. The second-order valence-corrected chi connectivity index (χ2v) is 5.34. The van der Waals surface area contributed by atoms with Crippen LogP contribution in [0.5, 0.6) is 0 Å². The number of rotatable bonds is 3. The zero-order valence-electron chi connectivity index (χ0n) is 13.8. The third kappa shape index (κ3) is 4.29. The lowest BCUT2D eigenvalue weighted by atomic mass is 10.1. The van der Waals surface area contributed by atoms with Crippen LogP contribution in [-0.2, 0) is 14.4 Å². The summed E-state index contributed by atoms with van der Waals surface area (Å²) in [6, 6.07) is 12.2. The van der Waals surface area contributed by atoms with Crippen LogP contribution in [0.1, 0.15) is 24.2 Å². The fraction of sp³-hybridized carbons (Fsp3) is 0.111. The molecule has 7 nitrogen and oxygen atoms in total. The molecular formula is C18H17N3O4. The lowest BCUT2D eigenvalue weighted by molar-refractivity contribution is -0.136. The van der Waals surface area contributed by atoms with E-state index in [1.807, 2.05) is 0 Å². The molecule has 7 heteroatoms. The molecule has 3 N–H and O–H groups in total. The quantitative estimate of drug-likeness (QED) is 0.505. The minimum atomic E-state index is -1.03. The first kappa shape index (κ1) is 17.9. The molecule has 0 spiro atoms. The molecular weight excluding hydrogens is 322 g/mol. The Morgan fingerprint density at radius 2 is 1.60 bits per heavy atom. The minimum absolute atomic E-state index is 0.113. The van der Waals surface area contributed by atoms with Gasteiger partial charge in [0, 0.05) is 23.9 Å². The van der Waals surface area contributed by atoms with Crippen LogP contribution < -0.4 is 16.0 Å². The van der Waals surface area contributed by atoms with Crippen molar-refractivity contribution in [3.63, 3.8) is 0 Å². The second kappa shape index (κ2) is 7.39. The maximum absolute atomic E-state index is 12.4. The van der Waals surface area contributed by atoms with Crippen molar-refractivity contribution >= 4 is 40.6 Å². The zero-order chi connectivity index (χ0) is 18.6. The summed E-state index contributed by atoms with van der Waals surface area (Å²) in [4.78, 5) is 48.4. The van der Waals surface area contributed by atoms with E-state index in [2.05, 4.69) is 5.32 Å². The molecule has 128 valence electrons. The van der Waals surface area contributed by atoms with Crippen LogP contribution in [0.15, 0.2) is 48.5 Å². The number of hydrogen-bond acceptors (Lipinski definition) is 5. The first-order valence-electron chi connectivity index (χ1n) is 7.42. The van der Waals surface area contributed by atoms with Gasteiger partial charge in [0.15, 0.2) is 5.78 Å². The number of anilines is 3. The van der Waals surface area contributed by atoms with Crippen LogP contribution >= 0.6 is 0 Å². The average molecular weight is 339 g/mol. The third-order valence-electron chi connectivity index (χ3n) is 3.39. The van der Waals surface area contributed by atoms with Crippen molar-refractivity contribution in [2.24, 2.45) is 0 Å². The van der Waals surface area contributed by atoms with E-state index < -0.39 is 17.7 Å². The zero-order valence-corrected chi connectivity index (χ0v) is 13.8. The summed E-state index contributed by atoms with van der Waals surface area (Å²) >= 11 is 0. The normalized spacial score (nSPS) is 10.0. The Hall–Kier alpha value is -3.48. The summed E-state index contributed by atoms with van der Waals surface area (Å²) in [5.41, 5.74) is 7.04. The highest BCUT2D eigenvalue weighted by molar-refractivity contribution is 6.48. The molecule has 0 fully saturated rings. The molecule has 0 radical (unpaired) electrons. The predicted octanol–water partition coefficient (Wildman–Crippen LogP) is 1.99. The number of amides is 3. The smallest absolute Gasteiger partial charge is 0.323 e. The molecule has 2 aromatic rings. The number of ketones is 1. The van der Waals surface area contributed by atoms with Gasteiger partial charge in [-0.25, -0.2) is 4.90 Å². The Labute approximate surface area is 144 Å². The molecule has 2 rings (SSSR count). The van der Waals surface area contributed by atoms with Gasteiger partial charge in [0.1, 0.15) is 0 Å². The Kier molecular flexibility index (Phi) is 5.28. The van der Waals surface area contributed by atoms with Crippen LogP contribution in [0.4, 0.5) is 17.1 Å². The number of nitrogens with two attached hydrogens (primary N) is 1. The Bertz CT molecular complexity index is 844. The molecule has 0 aliphatic rings. The van der Waals surface area contributed by atoms with Crippen molar-refractivity contribution in [2.45, 2.75) is 13.8 Å². The lowest BCUT2D eigenvalue weighted by Crippen LogP contribution is -2.42. The Balaban J connectivity index is 2.20. The number of hydrogen-bond donors (Lipinski definition) is 2. The number of benzene rings is 2. The molecule has 0 aliphatic carbocycles. The van der Waals surface area contributed by atoms with Crippen LogP contribution in [0.25, 0.3) is 0 Å². The van der Waals surface area contributed by atoms with Gasteiger partial charge >= 0.3 is 11.8 Å². The number of nitrogens with zero attached hydrogens (tertiary/aromatic N) is 1. The fourth-order valence-electron chi connectivity index (χ4n) is 2.18. The molecule has 0 aromatic heterocycles. The third-order valence-corrected chi connectivity index (χ3v) is 3.39. The number of nitrogen functional groups attached to an aromatic ring is 1. The van der Waals surface area contributed by atoms with Gasteiger partial charge in [0.05, 0.1) is 5.69 Å². The van der Waals surface area contributed by atoms with Crippen molar-refractivity contribution in [2.75, 3.05) is 16.0 Å². The lowest BCUT2D eigenvalue weighted by Gasteiger charge is -2.19. The average Bonchev–Trinajstić information content (AvgIpc) is 2.55. The maximum atomic E-state index is 12.4. The van der Waals surface area contributed by atoms with Crippen LogP contribution in [0, 0.1) is 0 Å². The SMILES string of the molecule is CC(=O)c1ccc(NC(=O)C(=O)N(C(C)=O)c2cccc(N)c2)cc1. The standard InChI is InChI=1S/C18H17N3O4/c1-11(22)13-6-8-15(9-7-13)20-17(24)18(25)21(12(2)23)16-5-3-4-14(19)10-16/h3-10H,19H2,1-2H3,(H,20,24). The van der Waals surface area contributed by atoms with Crippen molar-refractivity contribution < 1.29 is 19.2 Å². The number of imide groups is 1. The highest BCUT2D eigenvalue weighted by Gasteiger charge is 2.27. The number of nitrogens with one attached hydrogen (secondary N) is 1. The number of carbonyl (C=O) groups excluding carboxylic acids is 4. The monoisotopic (exact) mass is 339 g/mol. The first-order valence-corrected chi connectivity index (χ1v) is 7.42. The van der Waals surface area contributed by atoms with Crippen LogP contribution in [-0.4, -0.2) is 23.5 Å². The first-order chi connectivity index (χ1) is 11.8. The molecule has 0 bridgehead atoms. The van der Waals surface area contributed by atoms with Gasteiger partial charge in [-0.15, -0.1) is 0 Å². The summed E-state index contributed by atoms with van der Waals surface area (Å²) in [5, 5.41) is 2.40. The highest BCUT2D eigenvalue weighted by Crippen LogP contribution is 2.19. The van der Waals surface area contributed by atoms with Gasteiger partial charge in [-0.3, -0.25) is 19.2 Å². The summed E-state index contributed by atoms with van der Waals surface area (Å²) < 4.78 is 0. The maximum Gasteiger partial charge on any atom is 0.323 e. The van der Waals surface area contributed by atoms with E-state index in [4.69, 9.17) is 5.73 Å². The molecule has 0 aliphatic heterocycles. The van der Waals surface area contributed by atoms with Crippen LogP contribution in [0.2, 0.25) is 0 Å². The molecule has 0 atom stereocenters. The van der Waals surface area contributed by atoms with E-state index in [0.29, 0.717) is 16.9 Å². The number of carbonyl (C=O) groups is 4. The van der Waals surface area contributed by atoms with Crippen molar-refractivity contribution in [3.05, 3.63) is 54.1 Å². The van der Waals surface area contributed by atoms with Gasteiger partial charge in [-0.1, -0.05) is 6.07 Å². The molecule has 0 saturated heterocycles. The molecule has 2 aromatic carbocycles. The minimum Gasteiger partial charge on any atom is -0.399 e. The topological polar surface area (TPSA) is 110 Å². The molecule has 25 heavy (non-hydrogen) atoms. The summed E-state index contributed by atoms with van der Waals surface area (Å²) in [5.74, 6) is -2.74. The molecule has 0 unspecified atom stereocenters. The van der Waals surface area contributed by atoms with Gasteiger partial charge in [-0.05, 0) is 49.4 Å². The fourth-order valence-corrected chi connectivity index (χ4v) is 2.18. The predicted molar refractivity (Wildman–Crippen MR) is 94.1 cm³/mol. The van der Waals surface area contributed by atoms with Crippen molar-refractivity contribution in [3.8, 4) is 0 Å². The summed E-state index contributed by atoms with van der Waals surface area (Å²) in [6.07, 6.45) is 0. The van der Waals surface area contributed by atoms with E-state index in [1.165, 1.54) is 50.2 Å². The van der Waals surface area contributed by atoms with E-state index >= 15 is 0 Å². The summed E-state index contributed by atoms with van der Waals surface area (Å²) in [6.45, 7) is 2.60. The van der Waals surface area contributed by atoms with Gasteiger partial charge in [-0.2, -0.15) is 0 Å². The number of Topliss-reactive ketones (excluding diaryl/α,β-unsaturated/α-hetero) is 1. The van der Waals surface area contributed by atoms with Crippen molar-refractivity contribution in [1.82, 2.24) is 0 Å². The van der Waals surface area contributed by atoms with Crippen molar-refractivity contribution in [1.29, 1.82) is 0 Å². The molecule has 3 amide bonds. The Morgan fingerprint density at radius 3 is 2.12 bits per heavy atom. The Morgan fingerprint density at radius 1 is 0.960 bits per heavy atom. The van der Waals surface area contributed by atoms with E-state index in [9.17, 15) is 19.2 Å². The van der Waals surface area contributed by atoms with E-state index in [0.717, 1.165) is 4.90 Å². The van der Waals surface area contributed by atoms with Crippen LogP contribution in [0.3, 0.4) is 0 Å². The van der Waals surface area contributed by atoms with E-state index in [1.54, 1.807) is 12.1 Å². The largest absolute Gasteiger partial charge is 0.399 e. The van der Waals surface area contributed by atoms with Gasteiger partial charge in [0.2, 0.25) is 5.91 Å². The molecule has 0 heterocycles. The highest BCUT2D eigenvalue weighted by atomic mass is 16.2.